The van der Waals surface area contributed by atoms with Crippen molar-refractivity contribution in [3.05, 3.63) is 48.3 Å². The Kier molecular flexibility index (Phi) is 5.36. The third-order valence-corrected chi connectivity index (χ3v) is 5.14. The minimum absolute atomic E-state index is 0.0250. The summed E-state index contributed by atoms with van der Waals surface area (Å²) in [5, 5.41) is 15.5. The lowest BCUT2D eigenvalue weighted by atomic mass is 9.97. The third-order valence-electron chi connectivity index (χ3n) is 5.14. The maximum atomic E-state index is 12.6. The number of nitrogens with one attached hydrogen (secondary N) is 1. The van der Waals surface area contributed by atoms with E-state index in [-0.39, 0.29) is 11.8 Å². The second-order valence-electron chi connectivity index (χ2n) is 7.00. The topological polar surface area (TPSA) is 84.6 Å². The molecule has 0 unspecified atom stereocenters. The number of amides is 1. The fourth-order valence-electron chi connectivity index (χ4n) is 3.55. The summed E-state index contributed by atoms with van der Waals surface area (Å²) in [5.74, 6) is 1.78. The van der Waals surface area contributed by atoms with Crippen molar-refractivity contribution >= 4 is 17.4 Å². The molecule has 1 atom stereocenters. The smallest absolute Gasteiger partial charge is 0.224 e. The highest BCUT2D eigenvalue weighted by atomic mass is 16.5. The standard InChI is InChI=1S/C20H24N6O2/c1-28-17-6-4-15(5-7-17)10-11-21-20(27)16-3-2-12-25(13-16)19-9-8-18-23-22-14-26(18)24-19/h4-9,14,16H,2-3,10-13H2,1H3,(H,21,27)/t16-/m0/s1. The number of carbonyl (C=O) groups excluding carboxylic acids is 1. The maximum absolute atomic E-state index is 12.6. The summed E-state index contributed by atoms with van der Waals surface area (Å²) in [5.41, 5.74) is 1.89. The zero-order valence-electron chi connectivity index (χ0n) is 15.9. The van der Waals surface area contributed by atoms with Gasteiger partial charge in [-0.15, -0.1) is 15.3 Å². The SMILES string of the molecule is COc1ccc(CCNC(=O)[C@H]2CCCN(c3ccc4nncn4n3)C2)cc1. The molecule has 2 aromatic heterocycles. The monoisotopic (exact) mass is 380 g/mol. The number of hydrogen-bond donors (Lipinski definition) is 1. The van der Waals surface area contributed by atoms with Gasteiger partial charge in [0.1, 0.15) is 17.9 Å². The van der Waals surface area contributed by atoms with Gasteiger partial charge in [0.05, 0.1) is 13.0 Å². The van der Waals surface area contributed by atoms with Crippen LogP contribution in [0.25, 0.3) is 5.65 Å². The number of hydrogen-bond acceptors (Lipinski definition) is 6. The highest BCUT2D eigenvalue weighted by Gasteiger charge is 2.26. The number of nitrogens with zero attached hydrogens (tertiary/aromatic N) is 5. The normalized spacial score (nSPS) is 16.9. The van der Waals surface area contributed by atoms with Crippen LogP contribution in [0.3, 0.4) is 0 Å². The summed E-state index contributed by atoms with van der Waals surface area (Å²) < 4.78 is 6.83. The van der Waals surface area contributed by atoms with E-state index in [2.05, 4.69) is 25.5 Å². The summed E-state index contributed by atoms with van der Waals surface area (Å²) >= 11 is 0. The fourth-order valence-corrected chi connectivity index (χ4v) is 3.55. The van der Waals surface area contributed by atoms with Crippen LogP contribution in [0.1, 0.15) is 18.4 Å². The minimum atomic E-state index is -0.0250. The number of methoxy groups -OCH3 is 1. The van der Waals surface area contributed by atoms with Gasteiger partial charge in [-0.1, -0.05) is 12.1 Å². The summed E-state index contributed by atoms with van der Waals surface area (Å²) in [4.78, 5) is 14.8. The number of carbonyl (C=O) groups is 1. The van der Waals surface area contributed by atoms with Crippen LogP contribution >= 0.6 is 0 Å². The number of aromatic nitrogens is 4. The van der Waals surface area contributed by atoms with Crippen molar-refractivity contribution in [3.8, 4) is 5.75 Å². The summed E-state index contributed by atoms with van der Waals surface area (Å²) in [7, 11) is 1.66. The van der Waals surface area contributed by atoms with Gasteiger partial charge in [0.25, 0.3) is 0 Å². The number of fused-ring (bicyclic) bond motifs is 1. The number of ether oxygens (including phenoxy) is 1. The van der Waals surface area contributed by atoms with Crippen LogP contribution in [0.15, 0.2) is 42.7 Å². The van der Waals surface area contributed by atoms with Crippen LogP contribution in [0.2, 0.25) is 0 Å². The second-order valence-corrected chi connectivity index (χ2v) is 7.00. The minimum Gasteiger partial charge on any atom is -0.497 e. The second kappa shape index (κ2) is 8.24. The van der Waals surface area contributed by atoms with Crippen molar-refractivity contribution in [3.63, 3.8) is 0 Å². The van der Waals surface area contributed by atoms with E-state index in [0.29, 0.717) is 18.7 Å². The first kappa shape index (κ1) is 18.2. The van der Waals surface area contributed by atoms with E-state index in [1.165, 1.54) is 5.56 Å². The van der Waals surface area contributed by atoms with Gasteiger partial charge in [-0.2, -0.15) is 4.52 Å². The van der Waals surface area contributed by atoms with Crippen LogP contribution in [-0.4, -0.2) is 52.5 Å². The van der Waals surface area contributed by atoms with E-state index in [1.807, 2.05) is 36.4 Å². The number of anilines is 1. The van der Waals surface area contributed by atoms with E-state index in [4.69, 9.17) is 4.74 Å². The van der Waals surface area contributed by atoms with Gasteiger partial charge >= 0.3 is 0 Å². The Bertz CT molecular complexity index is 939. The Morgan fingerprint density at radius 2 is 2.11 bits per heavy atom. The van der Waals surface area contributed by atoms with E-state index < -0.39 is 0 Å². The van der Waals surface area contributed by atoms with Gasteiger partial charge in [0.2, 0.25) is 5.91 Å². The van der Waals surface area contributed by atoms with Gasteiger partial charge in [-0.05, 0) is 49.1 Å². The highest BCUT2D eigenvalue weighted by molar-refractivity contribution is 5.79. The molecule has 146 valence electrons. The molecule has 28 heavy (non-hydrogen) atoms. The lowest BCUT2D eigenvalue weighted by molar-refractivity contribution is -0.125. The molecular formula is C20H24N6O2. The molecule has 1 saturated heterocycles. The summed E-state index contributed by atoms with van der Waals surface area (Å²) in [6, 6.07) is 11.8. The molecule has 0 spiro atoms. The van der Waals surface area contributed by atoms with Gasteiger partial charge in [-0.25, -0.2) is 0 Å². The molecule has 3 aromatic rings. The Balaban J connectivity index is 1.31. The van der Waals surface area contributed by atoms with Crippen molar-refractivity contribution in [1.29, 1.82) is 0 Å². The zero-order valence-corrected chi connectivity index (χ0v) is 15.9. The van der Waals surface area contributed by atoms with Crippen molar-refractivity contribution in [1.82, 2.24) is 25.1 Å². The van der Waals surface area contributed by atoms with Crippen molar-refractivity contribution < 1.29 is 9.53 Å². The Hall–Kier alpha value is -3.16. The fraction of sp³-hybridized carbons (Fsp3) is 0.400. The van der Waals surface area contributed by atoms with Gasteiger partial charge in [-0.3, -0.25) is 4.79 Å². The molecule has 1 amide bonds. The van der Waals surface area contributed by atoms with Gasteiger partial charge < -0.3 is 15.0 Å². The predicted octanol–water partition coefficient (Wildman–Crippen LogP) is 1.71. The predicted molar refractivity (Wildman–Crippen MR) is 105 cm³/mol. The molecule has 0 saturated carbocycles. The lowest BCUT2D eigenvalue weighted by Crippen LogP contribution is -2.43. The molecule has 1 aromatic carbocycles. The van der Waals surface area contributed by atoms with E-state index >= 15 is 0 Å². The van der Waals surface area contributed by atoms with Crippen LogP contribution in [0.4, 0.5) is 5.82 Å². The van der Waals surface area contributed by atoms with E-state index in [0.717, 1.165) is 37.4 Å². The molecule has 1 aliphatic heterocycles. The summed E-state index contributed by atoms with van der Waals surface area (Å²) in [6.45, 7) is 2.21. The molecule has 3 heterocycles. The van der Waals surface area contributed by atoms with Gasteiger partial charge in [0.15, 0.2) is 5.65 Å². The number of benzene rings is 1. The maximum Gasteiger partial charge on any atom is 0.224 e. The quantitative estimate of drug-likeness (QED) is 0.701. The Labute approximate surface area is 163 Å². The molecule has 1 aliphatic rings. The van der Waals surface area contributed by atoms with E-state index in [1.54, 1.807) is 18.0 Å². The molecule has 4 rings (SSSR count). The third kappa shape index (κ3) is 4.05. The van der Waals surface area contributed by atoms with Crippen molar-refractivity contribution in [2.75, 3.05) is 31.6 Å². The Morgan fingerprint density at radius 3 is 2.93 bits per heavy atom. The first-order chi connectivity index (χ1) is 13.7. The molecule has 8 nitrogen and oxygen atoms in total. The summed E-state index contributed by atoms with van der Waals surface area (Å²) in [6.07, 6.45) is 4.27. The molecule has 0 radical (unpaired) electrons. The molecule has 1 N–H and O–H groups in total. The lowest BCUT2D eigenvalue weighted by Gasteiger charge is -2.32. The van der Waals surface area contributed by atoms with Crippen LogP contribution in [0.5, 0.6) is 5.75 Å². The molecule has 0 bridgehead atoms. The first-order valence-corrected chi connectivity index (χ1v) is 9.55. The average Bonchev–Trinajstić information content (AvgIpc) is 3.22. The molecular weight excluding hydrogens is 356 g/mol. The molecule has 8 heteroatoms. The van der Waals surface area contributed by atoms with E-state index in [9.17, 15) is 4.79 Å². The van der Waals surface area contributed by atoms with Crippen LogP contribution < -0.4 is 15.0 Å². The zero-order chi connectivity index (χ0) is 19.3. The average molecular weight is 380 g/mol. The van der Waals surface area contributed by atoms with Crippen LogP contribution in [0, 0.1) is 5.92 Å². The van der Waals surface area contributed by atoms with Crippen molar-refractivity contribution in [2.45, 2.75) is 19.3 Å². The Morgan fingerprint density at radius 1 is 1.25 bits per heavy atom. The largest absolute Gasteiger partial charge is 0.497 e. The van der Waals surface area contributed by atoms with Gasteiger partial charge in [0, 0.05) is 19.6 Å². The number of rotatable bonds is 6. The molecule has 1 fully saturated rings. The van der Waals surface area contributed by atoms with Crippen LogP contribution in [-0.2, 0) is 11.2 Å². The first-order valence-electron chi connectivity index (χ1n) is 9.55. The molecule has 0 aliphatic carbocycles. The highest BCUT2D eigenvalue weighted by Crippen LogP contribution is 2.22. The van der Waals surface area contributed by atoms with Crippen molar-refractivity contribution in [2.24, 2.45) is 5.92 Å². The number of piperidine rings is 1.